The van der Waals surface area contributed by atoms with E-state index in [1.807, 2.05) is 0 Å². The van der Waals surface area contributed by atoms with Gasteiger partial charge in [0.25, 0.3) is 0 Å². The third-order valence-corrected chi connectivity index (χ3v) is 12.8. The zero-order chi connectivity index (χ0) is 44.5. The molecule has 12 aromatic rings. The summed E-state index contributed by atoms with van der Waals surface area (Å²) in [5.74, 6) is 0.684. The highest BCUT2D eigenvalue weighted by Crippen LogP contribution is 2.50. The van der Waals surface area contributed by atoms with Crippen LogP contribution in [0.5, 0.6) is 0 Å². The summed E-state index contributed by atoms with van der Waals surface area (Å²) in [5.41, 5.74) is 20.9. The number of hydrogen-bond acceptors (Lipinski definition) is 2. The van der Waals surface area contributed by atoms with Crippen molar-refractivity contribution in [3.8, 4) is 95.1 Å². The van der Waals surface area contributed by atoms with Crippen LogP contribution in [-0.2, 0) is 0 Å². The summed E-state index contributed by atoms with van der Waals surface area (Å²) in [7, 11) is 0. The second-order valence-electron chi connectivity index (χ2n) is 16.9. The fourth-order valence-corrected chi connectivity index (χ4v) is 9.78. The summed E-state index contributed by atoms with van der Waals surface area (Å²) >= 11 is 0. The number of benzene rings is 10. The number of para-hydroxylation sites is 2. The van der Waals surface area contributed by atoms with E-state index in [0.717, 1.165) is 72.3 Å². The van der Waals surface area contributed by atoms with Crippen LogP contribution >= 0.6 is 0 Å². The Morgan fingerprint density at radius 2 is 0.701 bits per heavy atom. The fraction of sp³-hybridized carbons (Fsp3) is 0. The first-order valence-electron chi connectivity index (χ1n) is 22.8. The van der Waals surface area contributed by atoms with Crippen molar-refractivity contribution < 1.29 is 0 Å². The minimum absolute atomic E-state index is 0.684. The predicted molar refractivity (Wildman–Crippen MR) is 280 cm³/mol. The van der Waals surface area contributed by atoms with E-state index < -0.39 is 0 Å². The van der Waals surface area contributed by atoms with Gasteiger partial charge in [0, 0.05) is 22.2 Å². The summed E-state index contributed by atoms with van der Waals surface area (Å²) in [6.07, 6.45) is 0. The molecule has 0 saturated carbocycles. The lowest BCUT2D eigenvalue weighted by molar-refractivity contribution is 1.15. The summed E-state index contributed by atoms with van der Waals surface area (Å²) in [6.45, 7) is 0. The smallest absolute Gasteiger partial charge is 0.160 e. The van der Waals surface area contributed by atoms with Crippen LogP contribution in [0.4, 0.5) is 0 Å². The first-order valence-corrected chi connectivity index (χ1v) is 22.8. The largest absolute Gasteiger partial charge is 0.306 e. The quantitative estimate of drug-likeness (QED) is 0.145. The third-order valence-electron chi connectivity index (χ3n) is 12.8. The molecule has 0 bridgehead atoms. The van der Waals surface area contributed by atoms with E-state index in [1.165, 1.54) is 38.9 Å². The van der Waals surface area contributed by atoms with Crippen LogP contribution in [0.3, 0.4) is 0 Å². The molecule has 0 aliphatic heterocycles. The second kappa shape index (κ2) is 17.2. The number of fused-ring (bicyclic) bond motifs is 3. The Bertz CT molecular complexity index is 3700. The summed E-state index contributed by atoms with van der Waals surface area (Å²) < 4.78 is 2.31. The minimum Gasteiger partial charge on any atom is -0.306 e. The monoisotopic (exact) mass is 853 g/mol. The van der Waals surface area contributed by atoms with Gasteiger partial charge in [-0.25, -0.2) is 9.97 Å². The van der Waals surface area contributed by atoms with Crippen LogP contribution in [0, 0.1) is 0 Å². The predicted octanol–water partition coefficient (Wildman–Crippen LogP) is 16.9. The molecule has 0 atom stereocenters. The normalized spacial score (nSPS) is 11.3. The van der Waals surface area contributed by atoms with Crippen molar-refractivity contribution in [2.45, 2.75) is 0 Å². The van der Waals surface area contributed by atoms with Gasteiger partial charge in [-0.1, -0.05) is 224 Å². The van der Waals surface area contributed by atoms with Crippen LogP contribution in [0.25, 0.3) is 117 Å². The zero-order valence-corrected chi connectivity index (χ0v) is 36.7. The Morgan fingerprint density at radius 3 is 1.28 bits per heavy atom. The highest BCUT2D eigenvalue weighted by Gasteiger charge is 2.25. The molecule has 0 spiro atoms. The van der Waals surface area contributed by atoms with Crippen molar-refractivity contribution in [1.82, 2.24) is 14.5 Å². The Morgan fingerprint density at radius 1 is 0.284 bits per heavy atom. The van der Waals surface area contributed by atoms with Crippen LogP contribution in [0.15, 0.2) is 261 Å². The average molecular weight is 854 g/mol. The Balaban J connectivity index is 1.07. The lowest BCUT2D eigenvalue weighted by Gasteiger charge is -2.24. The van der Waals surface area contributed by atoms with Gasteiger partial charge < -0.3 is 4.57 Å². The molecule has 3 nitrogen and oxygen atoms in total. The SMILES string of the molecule is c1ccc(-c2cc(-c3cccc(-c4cccc(-c5nc(-c6ccccc6)c6c(n5)c5ccccc5n6-c5ccccc5)c4)c3)c(-c3ccccc3)c(-c3ccccc3)c2-c2ccccc2)cc1. The highest BCUT2D eigenvalue weighted by atomic mass is 15.0. The molecule has 314 valence electrons. The molecule has 10 aromatic carbocycles. The van der Waals surface area contributed by atoms with Crippen LogP contribution < -0.4 is 0 Å². The number of rotatable bonds is 9. The maximum atomic E-state index is 5.45. The van der Waals surface area contributed by atoms with Gasteiger partial charge in [-0.3, -0.25) is 0 Å². The number of nitrogens with zero attached hydrogens (tertiary/aromatic N) is 3. The summed E-state index contributed by atoms with van der Waals surface area (Å²) in [6, 6.07) is 93.1. The van der Waals surface area contributed by atoms with Crippen molar-refractivity contribution in [2.24, 2.45) is 0 Å². The van der Waals surface area contributed by atoms with Crippen LogP contribution in [0.2, 0.25) is 0 Å². The molecule has 3 heteroatoms. The second-order valence-corrected chi connectivity index (χ2v) is 16.9. The van der Waals surface area contributed by atoms with Crippen LogP contribution in [-0.4, -0.2) is 14.5 Å². The molecule has 0 radical (unpaired) electrons. The molecule has 0 amide bonds. The molecule has 2 heterocycles. The van der Waals surface area contributed by atoms with Crippen molar-refractivity contribution in [2.75, 3.05) is 0 Å². The molecular weight excluding hydrogens is 811 g/mol. The van der Waals surface area contributed by atoms with Crippen molar-refractivity contribution in [3.63, 3.8) is 0 Å². The molecule has 67 heavy (non-hydrogen) atoms. The maximum absolute atomic E-state index is 5.45. The zero-order valence-electron chi connectivity index (χ0n) is 36.7. The van der Waals surface area contributed by atoms with E-state index in [4.69, 9.17) is 9.97 Å². The van der Waals surface area contributed by atoms with Gasteiger partial charge in [0.1, 0.15) is 5.52 Å². The van der Waals surface area contributed by atoms with E-state index in [9.17, 15) is 0 Å². The molecule has 12 rings (SSSR count). The van der Waals surface area contributed by atoms with E-state index in [1.54, 1.807) is 0 Å². The van der Waals surface area contributed by atoms with E-state index >= 15 is 0 Å². The van der Waals surface area contributed by atoms with Gasteiger partial charge in [0.2, 0.25) is 0 Å². The van der Waals surface area contributed by atoms with E-state index in [-0.39, 0.29) is 0 Å². The van der Waals surface area contributed by atoms with Gasteiger partial charge in [-0.15, -0.1) is 0 Å². The fourth-order valence-electron chi connectivity index (χ4n) is 9.78. The molecule has 0 saturated heterocycles. The van der Waals surface area contributed by atoms with Gasteiger partial charge in [0.05, 0.1) is 16.7 Å². The van der Waals surface area contributed by atoms with Gasteiger partial charge in [-0.2, -0.15) is 0 Å². The van der Waals surface area contributed by atoms with Gasteiger partial charge in [-0.05, 0) is 103 Å². The Labute approximate surface area is 390 Å². The highest BCUT2D eigenvalue weighted by molar-refractivity contribution is 6.12. The van der Waals surface area contributed by atoms with E-state index in [0.29, 0.717) is 5.82 Å². The average Bonchev–Trinajstić information content (AvgIpc) is 3.76. The lowest BCUT2D eigenvalue weighted by atomic mass is 9.78. The molecule has 0 fully saturated rings. The van der Waals surface area contributed by atoms with Crippen molar-refractivity contribution in [3.05, 3.63) is 261 Å². The topological polar surface area (TPSA) is 30.7 Å². The lowest BCUT2D eigenvalue weighted by Crippen LogP contribution is -1.99. The Hall–Kier alpha value is -8.92. The molecular formula is C64H43N3. The summed E-state index contributed by atoms with van der Waals surface area (Å²) in [4.78, 5) is 10.9. The van der Waals surface area contributed by atoms with E-state index in [2.05, 4.69) is 265 Å². The van der Waals surface area contributed by atoms with Gasteiger partial charge >= 0.3 is 0 Å². The first-order chi connectivity index (χ1) is 33.3. The van der Waals surface area contributed by atoms with Crippen molar-refractivity contribution in [1.29, 1.82) is 0 Å². The molecule has 2 aromatic heterocycles. The van der Waals surface area contributed by atoms with Gasteiger partial charge in [0.15, 0.2) is 5.82 Å². The first kappa shape index (κ1) is 39.7. The molecule has 0 N–H and O–H groups in total. The molecule has 0 aliphatic rings. The number of hydrogen-bond donors (Lipinski definition) is 0. The molecule has 0 aliphatic carbocycles. The van der Waals surface area contributed by atoms with Crippen molar-refractivity contribution >= 4 is 21.9 Å². The van der Waals surface area contributed by atoms with Crippen LogP contribution in [0.1, 0.15) is 0 Å². The maximum Gasteiger partial charge on any atom is 0.160 e. The Kier molecular flexibility index (Phi) is 10.2. The minimum atomic E-state index is 0.684. The standard InChI is InChI=1S/C64H43N3/c1-7-23-44(24-8-1)55-43-56(59(46-27-11-3-12-28-46)60(47-29-13-4-14-30-47)58(55)45-25-9-2-10-26-45)51-35-21-33-49(41-51)50-34-22-36-52(42-50)64-65-61(48-31-15-5-16-32-48)63-62(66-64)54-39-19-20-40-57(54)67(63)53-37-17-6-18-38-53/h1-43H. The summed E-state index contributed by atoms with van der Waals surface area (Å²) in [5, 5.41) is 1.09. The number of aromatic nitrogens is 3. The third kappa shape index (κ3) is 7.29. The molecule has 0 unspecified atom stereocenters.